The molecule has 0 radical (unpaired) electrons. The molecule has 11 heavy (non-hydrogen) atoms. The normalized spacial score (nSPS) is 9.18. The molecule has 1 aromatic carbocycles. The van der Waals surface area contributed by atoms with E-state index < -0.39 is 0 Å². The number of halogens is 1. The van der Waals surface area contributed by atoms with E-state index in [1.54, 1.807) is 0 Å². The van der Waals surface area contributed by atoms with Crippen molar-refractivity contribution in [1.29, 1.82) is 0 Å². The lowest BCUT2D eigenvalue weighted by Gasteiger charge is -1.98. The Morgan fingerprint density at radius 1 is 1.55 bits per heavy atom. The SMILES string of the molecule is C=NOCc1cccc(I)c1. The van der Waals surface area contributed by atoms with Gasteiger partial charge in [-0.2, -0.15) is 0 Å². The minimum Gasteiger partial charge on any atom is -0.391 e. The summed E-state index contributed by atoms with van der Waals surface area (Å²) in [4.78, 5) is 4.79. The number of nitrogens with zero attached hydrogens (tertiary/aromatic N) is 1. The predicted octanol–water partition coefficient (Wildman–Crippen LogP) is 2.42. The number of oxime groups is 1. The Labute approximate surface area is 79.4 Å². The second kappa shape index (κ2) is 4.33. The third-order valence-electron chi connectivity index (χ3n) is 1.21. The van der Waals surface area contributed by atoms with Gasteiger partial charge in [0.25, 0.3) is 0 Å². The quantitative estimate of drug-likeness (QED) is 0.465. The first-order valence-electron chi connectivity index (χ1n) is 3.15. The smallest absolute Gasteiger partial charge is 0.142 e. The van der Waals surface area contributed by atoms with E-state index in [4.69, 9.17) is 4.84 Å². The molecule has 0 aliphatic heterocycles. The van der Waals surface area contributed by atoms with Crippen molar-refractivity contribution in [3.63, 3.8) is 0 Å². The van der Waals surface area contributed by atoms with E-state index in [1.807, 2.05) is 24.3 Å². The van der Waals surface area contributed by atoms with Crippen LogP contribution in [0.3, 0.4) is 0 Å². The highest BCUT2D eigenvalue weighted by Crippen LogP contribution is 2.08. The van der Waals surface area contributed by atoms with Crippen LogP contribution in [-0.4, -0.2) is 6.72 Å². The molecular weight excluding hydrogens is 253 g/mol. The van der Waals surface area contributed by atoms with E-state index in [-0.39, 0.29) is 0 Å². The zero-order valence-corrected chi connectivity index (χ0v) is 8.11. The predicted molar refractivity (Wildman–Crippen MR) is 53.5 cm³/mol. The van der Waals surface area contributed by atoms with Gasteiger partial charge in [0.1, 0.15) is 6.61 Å². The van der Waals surface area contributed by atoms with Crippen molar-refractivity contribution in [2.75, 3.05) is 0 Å². The molecule has 1 rings (SSSR count). The lowest BCUT2D eigenvalue weighted by atomic mass is 10.2. The lowest BCUT2D eigenvalue weighted by Crippen LogP contribution is -1.86. The van der Waals surface area contributed by atoms with Crippen molar-refractivity contribution in [2.45, 2.75) is 6.61 Å². The van der Waals surface area contributed by atoms with Gasteiger partial charge in [-0.25, -0.2) is 0 Å². The summed E-state index contributed by atoms with van der Waals surface area (Å²) in [7, 11) is 0. The lowest BCUT2D eigenvalue weighted by molar-refractivity contribution is 0.133. The Balaban J connectivity index is 2.63. The van der Waals surface area contributed by atoms with E-state index in [2.05, 4.69) is 34.5 Å². The molecule has 0 spiro atoms. The van der Waals surface area contributed by atoms with Crippen LogP contribution in [0.1, 0.15) is 5.56 Å². The summed E-state index contributed by atoms with van der Waals surface area (Å²) in [5.41, 5.74) is 1.12. The summed E-state index contributed by atoms with van der Waals surface area (Å²) in [6.45, 7) is 3.72. The van der Waals surface area contributed by atoms with Gasteiger partial charge in [0.2, 0.25) is 0 Å². The van der Waals surface area contributed by atoms with Crippen LogP contribution in [-0.2, 0) is 11.4 Å². The third kappa shape index (κ3) is 2.88. The Kier molecular flexibility index (Phi) is 3.35. The van der Waals surface area contributed by atoms with Crippen LogP contribution in [0.15, 0.2) is 29.4 Å². The van der Waals surface area contributed by atoms with Crippen LogP contribution in [0, 0.1) is 3.57 Å². The molecule has 0 bridgehead atoms. The summed E-state index contributed by atoms with van der Waals surface area (Å²) < 4.78 is 1.20. The molecule has 0 unspecified atom stereocenters. The molecule has 2 nitrogen and oxygen atoms in total. The van der Waals surface area contributed by atoms with Gasteiger partial charge in [0.15, 0.2) is 0 Å². The highest BCUT2D eigenvalue weighted by molar-refractivity contribution is 14.1. The first-order valence-corrected chi connectivity index (χ1v) is 4.23. The van der Waals surface area contributed by atoms with E-state index in [1.165, 1.54) is 3.57 Å². The molecule has 0 saturated carbocycles. The molecule has 0 N–H and O–H groups in total. The Hall–Kier alpha value is -0.580. The fourth-order valence-corrected chi connectivity index (χ4v) is 1.35. The maximum absolute atomic E-state index is 4.79. The van der Waals surface area contributed by atoms with Crippen LogP contribution < -0.4 is 0 Å². The monoisotopic (exact) mass is 261 g/mol. The molecule has 0 amide bonds. The first-order chi connectivity index (χ1) is 5.33. The van der Waals surface area contributed by atoms with Crippen LogP contribution in [0.25, 0.3) is 0 Å². The number of hydrogen-bond donors (Lipinski definition) is 0. The average Bonchev–Trinajstić information content (AvgIpc) is 2.01. The highest BCUT2D eigenvalue weighted by Gasteiger charge is 1.91. The average molecular weight is 261 g/mol. The van der Waals surface area contributed by atoms with Gasteiger partial charge in [0, 0.05) is 10.3 Å². The summed E-state index contributed by atoms with van der Waals surface area (Å²) in [5.74, 6) is 0. The largest absolute Gasteiger partial charge is 0.391 e. The third-order valence-corrected chi connectivity index (χ3v) is 1.88. The minimum atomic E-state index is 0.500. The van der Waals surface area contributed by atoms with Crippen molar-refractivity contribution < 1.29 is 4.84 Å². The van der Waals surface area contributed by atoms with Gasteiger partial charge >= 0.3 is 0 Å². The molecule has 0 atom stereocenters. The number of hydrogen-bond acceptors (Lipinski definition) is 2. The van der Waals surface area contributed by atoms with Crippen molar-refractivity contribution in [2.24, 2.45) is 5.16 Å². The highest BCUT2D eigenvalue weighted by atomic mass is 127. The van der Waals surface area contributed by atoms with E-state index >= 15 is 0 Å². The van der Waals surface area contributed by atoms with Crippen LogP contribution in [0.4, 0.5) is 0 Å². The second-order valence-electron chi connectivity index (χ2n) is 2.03. The first kappa shape index (κ1) is 8.52. The van der Waals surface area contributed by atoms with Gasteiger partial charge in [0.05, 0.1) is 0 Å². The van der Waals surface area contributed by atoms with Gasteiger partial charge in [-0.15, -0.1) is 5.16 Å². The molecule has 0 saturated heterocycles. The fourth-order valence-electron chi connectivity index (χ4n) is 0.747. The van der Waals surface area contributed by atoms with Crippen molar-refractivity contribution in [3.8, 4) is 0 Å². The summed E-state index contributed by atoms with van der Waals surface area (Å²) in [5, 5.41) is 3.31. The maximum atomic E-state index is 4.79. The van der Waals surface area contributed by atoms with Crippen molar-refractivity contribution in [3.05, 3.63) is 33.4 Å². The number of benzene rings is 1. The summed E-state index contributed by atoms with van der Waals surface area (Å²) >= 11 is 2.26. The van der Waals surface area contributed by atoms with Gasteiger partial charge < -0.3 is 4.84 Å². The van der Waals surface area contributed by atoms with Crippen LogP contribution >= 0.6 is 22.6 Å². The van der Waals surface area contributed by atoms with Crippen molar-refractivity contribution >= 4 is 29.3 Å². The van der Waals surface area contributed by atoms with Crippen molar-refractivity contribution in [1.82, 2.24) is 0 Å². The molecule has 0 aliphatic rings. The standard InChI is InChI=1S/C8H8INO/c1-10-11-6-7-3-2-4-8(9)5-7/h2-5H,1,6H2. The Morgan fingerprint density at radius 3 is 3.00 bits per heavy atom. The van der Waals surface area contributed by atoms with Gasteiger partial charge in [-0.1, -0.05) is 12.1 Å². The molecule has 58 valence electrons. The van der Waals surface area contributed by atoms with Gasteiger partial charge in [-0.05, 0) is 40.3 Å². The zero-order valence-electron chi connectivity index (χ0n) is 5.96. The van der Waals surface area contributed by atoms with E-state index in [0.29, 0.717) is 6.61 Å². The van der Waals surface area contributed by atoms with E-state index in [0.717, 1.165) is 5.56 Å². The number of rotatable bonds is 3. The molecular formula is C8H8INO. The van der Waals surface area contributed by atoms with E-state index in [9.17, 15) is 0 Å². The molecule has 3 heteroatoms. The Morgan fingerprint density at radius 2 is 2.36 bits per heavy atom. The Bertz CT molecular complexity index is 250. The van der Waals surface area contributed by atoms with Gasteiger partial charge in [-0.3, -0.25) is 0 Å². The maximum Gasteiger partial charge on any atom is 0.142 e. The van der Waals surface area contributed by atoms with Crippen LogP contribution in [0.5, 0.6) is 0 Å². The zero-order chi connectivity index (χ0) is 8.10. The fraction of sp³-hybridized carbons (Fsp3) is 0.125. The van der Waals surface area contributed by atoms with Crippen LogP contribution in [0.2, 0.25) is 0 Å². The molecule has 0 fully saturated rings. The molecule has 0 aromatic heterocycles. The summed E-state index contributed by atoms with van der Waals surface area (Å²) in [6, 6.07) is 8.06. The molecule has 0 heterocycles. The molecule has 0 aliphatic carbocycles. The molecule has 1 aromatic rings. The summed E-state index contributed by atoms with van der Waals surface area (Å²) in [6.07, 6.45) is 0. The topological polar surface area (TPSA) is 21.6 Å². The second-order valence-corrected chi connectivity index (χ2v) is 3.28. The minimum absolute atomic E-state index is 0.500.